The molecule has 0 heterocycles. The highest BCUT2D eigenvalue weighted by Crippen LogP contribution is 2.45. The molecule has 0 bridgehead atoms. The summed E-state index contributed by atoms with van der Waals surface area (Å²) in [6.07, 6.45) is 3.00. The fourth-order valence-electron chi connectivity index (χ4n) is 4.03. The van der Waals surface area contributed by atoms with Crippen molar-refractivity contribution in [1.82, 2.24) is 0 Å². The number of aliphatic carboxylic acids is 1. The van der Waals surface area contributed by atoms with E-state index in [1.807, 2.05) is 12.1 Å². The summed E-state index contributed by atoms with van der Waals surface area (Å²) in [7, 11) is 1.69. The smallest absolute Gasteiger partial charge is 0.306 e. The molecule has 24 heavy (non-hydrogen) atoms. The Labute approximate surface area is 141 Å². The summed E-state index contributed by atoms with van der Waals surface area (Å²) in [4.78, 5) is 11.5. The zero-order chi connectivity index (χ0) is 16.7. The average molecular weight is 320 g/mol. The third-order valence-corrected chi connectivity index (χ3v) is 5.27. The van der Waals surface area contributed by atoms with E-state index in [0.717, 1.165) is 18.6 Å². The molecule has 0 spiro atoms. The molecule has 0 radical (unpaired) electrons. The molecular weight excluding hydrogens is 300 g/mol. The molecule has 2 aliphatic rings. The zero-order valence-corrected chi connectivity index (χ0v) is 13.7. The summed E-state index contributed by atoms with van der Waals surface area (Å²) in [6, 6.07) is 14.6. The summed E-state index contributed by atoms with van der Waals surface area (Å²) in [5.41, 5.74) is 7.53. The number of carbonyl (C=O) groups is 1. The summed E-state index contributed by atoms with van der Waals surface area (Å²) < 4.78 is 5.40. The predicted octanol–water partition coefficient (Wildman–Crippen LogP) is 4.39. The van der Waals surface area contributed by atoms with Crippen LogP contribution in [0.15, 0.2) is 42.5 Å². The number of rotatable bonds is 2. The van der Waals surface area contributed by atoms with Gasteiger partial charge in [0, 0.05) is 0 Å². The van der Waals surface area contributed by atoms with Crippen molar-refractivity contribution >= 4 is 17.1 Å². The largest absolute Gasteiger partial charge is 0.497 e. The lowest BCUT2D eigenvalue weighted by Crippen LogP contribution is -2.18. The molecule has 122 valence electrons. The molecule has 1 unspecified atom stereocenters. The first kappa shape index (κ1) is 15.0. The maximum absolute atomic E-state index is 11.5. The van der Waals surface area contributed by atoms with Crippen LogP contribution in [0.1, 0.15) is 41.5 Å². The fourth-order valence-corrected chi connectivity index (χ4v) is 4.03. The van der Waals surface area contributed by atoms with E-state index in [1.54, 1.807) is 7.11 Å². The van der Waals surface area contributed by atoms with Gasteiger partial charge in [-0.15, -0.1) is 0 Å². The highest BCUT2D eigenvalue weighted by Gasteiger charge is 2.30. The fraction of sp³-hybridized carbons (Fsp3) is 0.286. The highest BCUT2D eigenvalue weighted by atomic mass is 16.5. The number of hydrogen-bond acceptors (Lipinski definition) is 2. The molecule has 1 atom stereocenters. The van der Waals surface area contributed by atoms with Gasteiger partial charge < -0.3 is 9.84 Å². The first-order chi connectivity index (χ1) is 11.7. The van der Waals surface area contributed by atoms with Gasteiger partial charge in [-0.05, 0) is 71.2 Å². The molecule has 0 amide bonds. The van der Waals surface area contributed by atoms with Gasteiger partial charge in [0.25, 0.3) is 0 Å². The highest BCUT2D eigenvalue weighted by molar-refractivity contribution is 5.96. The Morgan fingerprint density at radius 3 is 2.67 bits per heavy atom. The summed E-state index contributed by atoms with van der Waals surface area (Å²) in [5, 5.41) is 9.47. The van der Waals surface area contributed by atoms with Crippen molar-refractivity contribution in [2.24, 2.45) is 5.92 Å². The van der Waals surface area contributed by atoms with Crippen molar-refractivity contribution in [3.63, 3.8) is 0 Å². The lowest BCUT2D eigenvalue weighted by Gasteiger charge is -2.25. The van der Waals surface area contributed by atoms with Gasteiger partial charge in [-0.2, -0.15) is 0 Å². The van der Waals surface area contributed by atoms with Gasteiger partial charge in [0.2, 0.25) is 0 Å². The summed E-state index contributed by atoms with van der Waals surface area (Å²) in [5.74, 6) is -0.0932. The van der Waals surface area contributed by atoms with Crippen LogP contribution in [0, 0.1) is 5.92 Å². The second-order valence-corrected chi connectivity index (χ2v) is 6.59. The van der Waals surface area contributed by atoms with Gasteiger partial charge in [0.05, 0.1) is 13.0 Å². The number of hydrogen-bond donors (Lipinski definition) is 1. The molecule has 2 aliphatic carbocycles. The minimum Gasteiger partial charge on any atom is -0.497 e. The van der Waals surface area contributed by atoms with Gasteiger partial charge in [0.1, 0.15) is 5.75 Å². The van der Waals surface area contributed by atoms with E-state index in [4.69, 9.17) is 4.74 Å². The molecule has 2 aromatic carbocycles. The third-order valence-electron chi connectivity index (χ3n) is 5.27. The Hall–Kier alpha value is -2.55. The molecule has 0 fully saturated rings. The van der Waals surface area contributed by atoms with Crippen LogP contribution in [0.4, 0.5) is 0 Å². The van der Waals surface area contributed by atoms with Crippen LogP contribution in [0.5, 0.6) is 5.75 Å². The molecule has 0 saturated carbocycles. The van der Waals surface area contributed by atoms with Gasteiger partial charge >= 0.3 is 5.97 Å². The summed E-state index contributed by atoms with van der Waals surface area (Å²) in [6.45, 7) is 0. The van der Waals surface area contributed by atoms with Crippen molar-refractivity contribution in [3.05, 3.63) is 64.7 Å². The predicted molar refractivity (Wildman–Crippen MR) is 94.0 cm³/mol. The molecule has 3 nitrogen and oxygen atoms in total. The molecule has 4 rings (SSSR count). The second-order valence-electron chi connectivity index (χ2n) is 6.59. The molecular formula is C21H20O3. The quantitative estimate of drug-likeness (QED) is 0.892. The number of carboxylic acid groups (broad SMARTS) is 1. The maximum Gasteiger partial charge on any atom is 0.306 e. The third kappa shape index (κ3) is 2.41. The summed E-state index contributed by atoms with van der Waals surface area (Å²) >= 11 is 0. The van der Waals surface area contributed by atoms with E-state index >= 15 is 0 Å². The van der Waals surface area contributed by atoms with Crippen LogP contribution in [0.2, 0.25) is 0 Å². The lowest BCUT2D eigenvalue weighted by atomic mass is 9.78. The number of benzene rings is 2. The van der Waals surface area contributed by atoms with Crippen molar-refractivity contribution < 1.29 is 14.6 Å². The van der Waals surface area contributed by atoms with Crippen LogP contribution in [0.3, 0.4) is 0 Å². The zero-order valence-electron chi connectivity index (χ0n) is 13.7. The van der Waals surface area contributed by atoms with Gasteiger partial charge in [-0.3, -0.25) is 4.79 Å². The molecule has 2 aromatic rings. The van der Waals surface area contributed by atoms with Gasteiger partial charge in [-0.1, -0.05) is 30.3 Å². The normalized spacial score (nSPS) is 19.0. The molecule has 0 aliphatic heterocycles. The van der Waals surface area contributed by atoms with Crippen LogP contribution in [-0.2, 0) is 11.2 Å². The van der Waals surface area contributed by atoms with Crippen molar-refractivity contribution in [2.45, 2.75) is 25.7 Å². The van der Waals surface area contributed by atoms with Crippen LogP contribution in [-0.4, -0.2) is 18.2 Å². The standard InChI is InChI=1S/C21H20O3/c1-24-16-7-9-18-15(11-16)10-13-4-2-3-5-17(13)20-12-14(21(22)23)6-8-19(18)20/h2-5,7,9,11,14H,6,8,10,12H2,1H3,(H,22,23). The average Bonchev–Trinajstić information content (AvgIpc) is 2.75. The Kier molecular flexibility index (Phi) is 3.64. The first-order valence-electron chi connectivity index (χ1n) is 8.37. The maximum atomic E-state index is 11.5. The van der Waals surface area contributed by atoms with E-state index < -0.39 is 5.97 Å². The van der Waals surface area contributed by atoms with Crippen LogP contribution < -0.4 is 4.74 Å². The van der Waals surface area contributed by atoms with Crippen molar-refractivity contribution in [2.75, 3.05) is 7.11 Å². The minimum atomic E-state index is -0.682. The van der Waals surface area contributed by atoms with E-state index in [9.17, 15) is 9.90 Å². The number of allylic oxidation sites excluding steroid dienone is 2. The van der Waals surface area contributed by atoms with Crippen LogP contribution >= 0.6 is 0 Å². The second kappa shape index (κ2) is 5.82. The van der Waals surface area contributed by atoms with E-state index in [2.05, 4.69) is 30.3 Å². The SMILES string of the molecule is COc1ccc2c(c1)Cc1ccccc1C1=C2CCC(C(=O)O)C1. The first-order valence-corrected chi connectivity index (χ1v) is 8.37. The number of fused-ring (bicyclic) bond motifs is 4. The Bertz CT molecular complexity index is 848. The number of methoxy groups -OCH3 is 1. The van der Waals surface area contributed by atoms with Crippen molar-refractivity contribution in [3.8, 4) is 5.75 Å². The van der Waals surface area contributed by atoms with E-state index in [0.29, 0.717) is 12.8 Å². The van der Waals surface area contributed by atoms with E-state index in [-0.39, 0.29) is 5.92 Å². The Balaban J connectivity index is 1.93. The molecule has 0 aromatic heterocycles. The Morgan fingerprint density at radius 1 is 1.08 bits per heavy atom. The van der Waals surface area contributed by atoms with Gasteiger partial charge in [-0.25, -0.2) is 0 Å². The van der Waals surface area contributed by atoms with Crippen LogP contribution in [0.25, 0.3) is 11.1 Å². The van der Waals surface area contributed by atoms with Crippen molar-refractivity contribution in [1.29, 1.82) is 0 Å². The van der Waals surface area contributed by atoms with E-state index in [1.165, 1.54) is 33.4 Å². The number of carboxylic acids is 1. The lowest BCUT2D eigenvalue weighted by molar-refractivity contribution is -0.141. The molecule has 0 saturated heterocycles. The number of ether oxygens (including phenoxy) is 1. The topological polar surface area (TPSA) is 46.5 Å². The van der Waals surface area contributed by atoms with Gasteiger partial charge in [0.15, 0.2) is 0 Å². The molecule has 1 N–H and O–H groups in total. The minimum absolute atomic E-state index is 0.281. The Morgan fingerprint density at radius 2 is 1.88 bits per heavy atom. The monoisotopic (exact) mass is 320 g/mol. The molecule has 3 heteroatoms.